The normalized spacial score (nSPS) is 10.5. The van der Waals surface area contributed by atoms with E-state index in [0.717, 1.165) is 5.56 Å². The molecule has 2 rings (SSSR count). The van der Waals surface area contributed by atoms with Gasteiger partial charge in [-0.3, -0.25) is 4.79 Å². The molecule has 0 radical (unpaired) electrons. The number of rotatable bonds is 6. The molecule has 0 spiro atoms. The first kappa shape index (κ1) is 18.1. The summed E-state index contributed by atoms with van der Waals surface area (Å²) in [4.78, 5) is 11.7. The maximum absolute atomic E-state index is 12.2. The largest absolute Gasteiger partial charge is 0.325 e. The molecule has 0 aliphatic rings. The lowest BCUT2D eigenvalue weighted by molar-refractivity contribution is -0.115. The van der Waals surface area contributed by atoms with Gasteiger partial charge in [0, 0.05) is 5.69 Å². The van der Waals surface area contributed by atoms with Crippen molar-refractivity contribution in [1.82, 2.24) is 4.72 Å². The number of benzene rings is 2. The second-order valence-corrected chi connectivity index (χ2v) is 6.75. The van der Waals surface area contributed by atoms with Gasteiger partial charge in [-0.15, -0.1) is 0 Å². The van der Waals surface area contributed by atoms with Crippen molar-refractivity contribution in [3.63, 3.8) is 0 Å². The van der Waals surface area contributed by atoms with E-state index < -0.39 is 22.5 Å². The van der Waals surface area contributed by atoms with Crippen LogP contribution in [0.3, 0.4) is 0 Å². The maximum atomic E-state index is 12.2. The minimum Gasteiger partial charge on any atom is -0.325 e. The van der Waals surface area contributed by atoms with Crippen LogP contribution < -0.4 is 10.0 Å². The molecular formula is C17H14N4O3S. The summed E-state index contributed by atoms with van der Waals surface area (Å²) in [6, 6.07) is 16.2. The third-order valence-corrected chi connectivity index (χ3v) is 4.70. The maximum Gasteiger partial charge on any atom is 0.242 e. The SMILES string of the molecule is N#CCc1ccc(NC(=O)CNS(=O)(=O)c2ccccc2C#N)cc1. The van der Waals surface area contributed by atoms with E-state index in [1.807, 2.05) is 6.07 Å². The minimum absolute atomic E-state index is 0.00323. The number of hydrogen-bond donors (Lipinski definition) is 2. The number of hydrogen-bond acceptors (Lipinski definition) is 5. The van der Waals surface area contributed by atoms with E-state index in [9.17, 15) is 13.2 Å². The molecule has 0 heterocycles. The standard InChI is InChI=1S/C17H14N4O3S/c18-10-9-13-5-7-15(8-6-13)21-17(22)12-20-25(23,24)16-4-2-1-3-14(16)11-19/h1-8,20H,9,12H2,(H,21,22). The first-order valence-corrected chi connectivity index (χ1v) is 8.69. The average molecular weight is 354 g/mol. The Labute approximate surface area is 145 Å². The Kier molecular flexibility index (Phi) is 5.85. The Hall–Kier alpha value is -3.20. The Balaban J connectivity index is 1.99. The predicted octanol–water partition coefficient (Wildman–Crippen LogP) is 1.54. The number of sulfonamides is 1. The average Bonchev–Trinajstić information content (AvgIpc) is 2.62. The minimum atomic E-state index is -3.97. The molecule has 7 nitrogen and oxygen atoms in total. The summed E-state index contributed by atoms with van der Waals surface area (Å²) in [5.74, 6) is -0.550. The van der Waals surface area contributed by atoms with Gasteiger partial charge in [-0.2, -0.15) is 10.5 Å². The van der Waals surface area contributed by atoms with Gasteiger partial charge >= 0.3 is 0 Å². The van der Waals surface area contributed by atoms with Gasteiger partial charge in [0.15, 0.2) is 0 Å². The molecule has 2 aromatic rings. The third kappa shape index (κ3) is 4.88. The molecule has 0 unspecified atom stereocenters. The van der Waals surface area contributed by atoms with Crippen molar-refractivity contribution < 1.29 is 13.2 Å². The molecule has 126 valence electrons. The number of anilines is 1. The second kappa shape index (κ2) is 8.06. The third-order valence-electron chi connectivity index (χ3n) is 3.24. The Morgan fingerprint density at radius 1 is 1.04 bits per heavy atom. The highest BCUT2D eigenvalue weighted by molar-refractivity contribution is 7.89. The molecule has 0 aromatic heterocycles. The molecule has 0 atom stereocenters. The van der Waals surface area contributed by atoms with E-state index >= 15 is 0 Å². The predicted molar refractivity (Wildman–Crippen MR) is 90.7 cm³/mol. The van der Waals surface area contributed by atoms with Crippen LogP contribution in [0.4, 0.5) is 5.69 Å². The van der Waals surface area contributed by atoms with Crippen molar-refractivity contribution in [2.75, 3.05) is 11.9 Å². The van der Waals surface area contributed by atoms with Crippen molar-refractivity contribution in [2.24, 2.45) is 0 Å². The summed E-state index contributed by atoms with van der Waals surface area (Å²) in [6.07, 6.45) is 0.270. The van der Waals surface area contributed by atoms with Gasteiger partial charge in [0.05, 0.1) is 29.5 Å². The molecule has 25 heavy (non-hydrogen) atoms. The summed E-state index contributed by atoms with van der Waals surface area (Å²) < 4.78 is 26.6. The lowest BCUT2D eigenvalue weighted by atomic mass is 10.1. The van der Waals surface area contributed by atoms with Gasteiger partial charge in [-0.25, -0.2) is 13.1 Å². The van der Waals surface area contributed by atoms with Crippen LogP contribution in [0.2, 0.25) is 0 Å². The van der Waals surface area contributed by atoms with Gasteiger partial charge in [0.25, 0.3) is 0 Å². The quantitative estimate of drug-likeness (QED) is 0.814. The van der Waals surface area contributed by atoms with Crippen LogP contribution >= 0.6 is 0 Å². The number of nitrogens with one attached hydrogen (secondary N) is 2. The van der Waals surface area contributed by atoms with Crippen molar-refractivity contribution in [1.29, 1.82) is 10.5 Å². The fourth-order valence-electron chi connectivity index (χ4n) is 2.03. The summed E-state index contributed by atoms with van der Waals surface area (Å²) in [6.45, 7) is -0.470. The smallest absolute Gasteiger partial charge is 0.242 e. The Bertz CT molecular complexity index is 955. The number of carbonyl (C=O) groups excluding carboxylic acids is 1. The molecule has 0 bridgehead atoms. The van der Waals surface area contributed by atoms with E-state index in [1.165, 1.54) is 18.2 Å². The molecule has 0 aliphatic heterocycles. The molecule has 2 aromatic carbocycles. The molecular weight excluding hydrogens is 340 g/mol. The summed E-state index contributed by atoms with van der Waals surface area (Å²) in [7, 11) is -3.97. The van der Waals surface area contributed by atoms with E-state index in [-0.39, 0.29) is 16.9 Å². The summed E-state index contributed by atoms with van der Waals surface area (Å²) >= 11 is 0. The highest BCUT2D eigenvalue weighted by atomic mass is 32.2. The van der Waals surface area contributed by atoms with Gasteiger partial charge in [0.1, 0.15) is 6.07 Å². The van der Waals surface area contributed by atoms with Crippen LogP contribution in [0, 0.1) is 22.7 Å². The number of nitrogens with zero attached hydrogens (tertiary/aromatic N) is 2. The number of amides is 1. The van der Waals surface area contributed by atoms with Gasteiger partial charge in [0.2, 0.25) is 15.9 Å². The monoisotopic (exact) mass is 354 g/mol. The zero-order valence-corrected chi connectivity index (χ0v) is 13.9. The fraction of sp³-hybridized carbons (Fsp3) is 0.118. The van der Waals surface area contributed by atoms with Crippen molar-refractivity contribution >= 4 is 21.6 Å². The molecule has 0 saturated heterocycles. The van der Waals surface area contributed by atoms with Crippen LogP contribution in [0.15, 0.2) is 53.4 Å². The van der Waals surface area contributed by atoms with Crippen molar-refractivity contribution in [3.05, 3.63) is 59.7 Å². The zero-order valence-electron chi connectivity index (χ0n) is 13.1. The molecule has 8 heteroatoms. The molecule has 0 fully saturated rings. The first-order valence-electron chi connectivity index (χ1n) is 7.21. The summed E-state index contributed by atoms with van der Waals surface area (Å²) in [5, 5.41) is 20.1. The lowest BCUT2D eigenvalue weighted by Gasteiger charge is -2.09. The number of carbonyl (C=O) groups is 1. The van der Waals surface area contributed by atoms with Crippen LogP contribution in [-0.4, -0.2) is 20.9 Å². The molecule has 1 amide bonds. The van der Waals surface area contributed by atoms with Crippen LogP contribution in [-0.2, 0) is 21.2 Å². The van der Waals surface area contributed by atoms with Crippen LogP contribution in [0.25, 0.3) is 0 Å². The summed E-state index contributed by atoms with van der Waals surface area (Å²) in [5.41, 5.74) is 1.31. The highest BCUT2D eigenvalue weighted by Gasteiger charge is 2.19. The van der Waals surface area contributed by atoms with Gasteiger partial charge < -0.3 is 5.32 Å². The highest BCUT2D eigenvalue weighted by Crippen LogP contribution is 2.14. The topological polar surface area (TPSA) is 123 Å². The van der Waals surface area contributed by atoms with E-state index in [4.69, 9.17) is 10.5 Å². The van der Waals surface area contributed by atoms with Crippen LogP contribution in [0.5, 0.6) is 0 Å². The van der Waals surface area contributed by atoms with E-state index in [1.54, 1.807) is 36.4 Å². The van der Waals surface area contributed by atoms with Crippen LogP contribution in [0.1, 0.15) is 11.1 Å². The lowest BCUT2D eigenvalue weighted by Crippen LogP contribution is -2.33. The van der Waals surface area contributed by atoms with Gasteiger partial charge in [-0.05, 0) is 29.8 Å². The Morgan fingerprint density at radius 3 is 2.36 bits per heavy atom. The van der Waals surface area contributed by atoms with Crippen molar-refractivity contribution in [3.8, 4) is 12.1 Å². The van der Waals surface area contributed by atoms with E-state index in [0.29, 0.717) is 5.69 Å². The zero-order chi connectivity index (χ0) is 18.3. The number of nitriles is 2. The molecule has 2 N–H and O–H groups in total. The fourth-order valence-corrected chi connectivity index (χ4v) is 3.17. The second-order valence-electron chi connectivity index (χ2n) is 5.01. The van der Waals surface area contributed by atoms with E-state index in [2.05, 4.69) is 10.0 Å². The van der Waals surface area contributed by atoms with Crippen molar-refractivity contribution in [2.45, 2.75) is 11.3 Å². The first-order chi connectivity index (χ1) is 12.0. The van der Waals surface area contributed by atoms with Gasteiger partial charge in [-0.1, -0.05) is 24.3 Å². The molecule has 0 aliphatic carbocycles. The Morgan fingerprint density at radius 2 is 1.72 bits per heavy atom. The molecule has 0 saturated carbocycles.